The number of hydrogen-bond acceptors (Lipinski definition) is 0. The molecule has 0 atom stereocenters. The van der Waals surface area contributed by atoms with E-state index in [4.69, 9.17) is 0 Å². The third-order valence-corrected chi connectivity index (χ3v) is 0. The molecule has 0 rings (SSSR count). The molecular formula is C3H6LiNa. The van der Waals surface area contributed by atoms with E-state index in [1.165, 1.54) is 6.08 Å². The molecule has 0 N–H and O–H groups in total. The van der Waals surface area contributed by atoms with Gasteiger partial charge in [-0.05, 0) is 0 Å². The SMILES string of the molecule is C=C[CH2-].[H-].[Li+].[Na+]. The first kappa shape index (κ1) is 16.4. The summed E-state index contributed by atoms with van der Waals surface area (Å²) in [6.45, 7) is 6.50. The van der Waals surface area contributed by atoms with Crippen molar-refractivity contribution < 1.29 is 49.8 Å². The van der Waals surface area contributed by atoms with Crippen LogP contribution in [-0.2, 0) is 0 Å². The molecule has 0 aliphatic rings. The van der Waals surface area contributed by atoms with Crippen molar-refractivity contribution >= 4 is 0 Å². The second-order valence-electron chi connectivity index (χ2n) is 0.289. The summed E-state index contributed by atoms with van der Waals surface area (Å²) >= 11 is 0. The molecule has 0 aliphatic heterocycles. The van der Waals surface area contributed by atoms with Crippen LogP contribution < -0.4 is 48.4 Å². The minimum absolute atomic E-state index is 0. The average molecular weight is 72.0 g/mol. The van der Waals surface area contributed by atoms with Crippen molar-refractivity contribution in [3.05, 3.63) is 19.6 Å². The monoisotopic (exact) mass is 72.1 g/mol. The first-order chi connectivity index (χ1) is 1.41. The van der Waals surface area contributed by atoms with Gasteiger partial charge in [-0.25, -0.2) is 19.6 Å². The molecule has 0 aromatic rings. The Bertz CT molecular complexity index is 18.3. The summed E-state index contributed by atoms with van der Waals surface area (Å²) in [4.78, 5) is 0. The van der Waals surface area contributed by atoms with Gasteiger partial charge in [0.05, 0.1) is 0 Å². The predicted molar refractivity (Wildman–Crippen MR) is 16.7 cm³/mol. The zero-order valence-electron chi connectivity index (χ0n) is 4.99. The van der Waals surface area contributed by atoms with Gasteiger partial charge in [-0.2, -0.15) is 0 Å². The van der Waals surface area contributed by atoms with Crippen LogP contribution in [0.5, 0.6) is 0 Å². The molecule has 0 saturated heterocycles. The van der Waals surface area contributed by atoms with Crippen LogP contribution >= 0.6 is 0 Å². The van der Waals surface area contributed by atoms with Crippen LogP contribution in [0, 0.1) is 6.92 Å². The Morgan fingerprint density at radius 3 is 1.80 bits per heavy atom. The third kappa shape index (κ3) is 36.7. The molecule has 0 bridgehead atoms. The molecule has 0 radical (unpaired) electrons. The van der Waals surface area contributed by atoms with Crippen molar-refractivity contribution in [3.8, 4) is 0 Å². The van der Waals surface area contributed by atoms with E-state index >= 15 is 0 Å². The van der Waals surface area contributed by atoms with Gasteiger partial charge in [-0.15, -0.1) is 0 Å². The second-order valence-corrected chi connectivity index (χ2v) is 0.289. The van der Waals surface area contributed by atoms with E-state index < -0.39 is 0 Å². The third-order valence-electron chi connectivity index (χ3n) is 0. The van der Waals surface area contributed by atoms with Gasteiger partial charge < -0.3 is 1.43 Å². The van der Waals surface area contributed by atoms with Crippen molar-refractivity contribution in [2.24, 2.45) is 0 Å². The molecule has 0 spiro atoms. The van der Waals surface area contributed by atoms with Gasteiger partial charge in [0.15, 0.2) is 0 Å². The van der Waals surface area contributed by atoms with Crippen molar-refractivity contribution in [2.45, 2.75) is 0 Å². The molecule has 0 saturated carbocycles. The maximum absolute atomic E-state index is 3.25. The molecule has 5 heavy (non-hydrogen) atoms. The summed E-state index contributed by atoms with van der Waals surface area (Å²) in [5.74, 6) is 0. The van der Waals surface area contributed by atoms with Crippen LogP contribution in [0.1, 0.15) is 1.43 Å². The Morgan fingerprint density at radius 1 is 1.80 bits per heavy atom. The molecule has 2 heteroatoms. The van der Waals surface area contributed by atoms with Crippen LogP contribution in [0.2, 0.25) is 0 Å². The second kappa shape index (κ2) is 18.9. The average Bonchev–Trinajstić information content (AvgIpc) is 0.918. The van der Waals surface area contributed by atoms with E-state index in [9.17, 15) is 0 Å². The van der Waals surface area contributed by atoms with Gasteiger partial charge in [0.2, 0.25) is 0 Å². The molecular weight excluding hydrogens is 66.0 g/mol. The Balaban J connectivity index is -0.00000000667. The normalized spacial score (nSPS) is 2.40. The summed E-state index contributed by atoms with van der Waals surface area (Å²) in [5, 5.41) is 0. The van der Waals surface area contributed by atoms with Crippen molar-refractivity contribution in [2.75, 3.05) is 0 Å². The van der Waals surface area contributed by atoms with E-state index in [1.807, 2.05) is 0 Å². The Hall–Kier alpha value is 1.21. The van der Waals surface area contributed by atoms with Gasteiger partial charge in [-0.3, -0.25) is 0 Å². The van der Waals surface area contributed by atoms with E-state index in [2.05, 4.69) is 13.5 Å². The van der Waals surface area contributed by atoms with Crippen LogP contribution in [0.25, 0.3) is 0 Å². The molecule has 0 aliphatic carbocycles. The molecule has 0 aromatic carbocycles. The van der Waals surface area contributed by atoms with Crippen molar-refractivity contribution in [1.29, 1.82) is 0 Å². The zero-order valence-corrected chi connectivity index (χ0v) is 5.99. The molecule has 20 valence electrons. The molecule has 0 heterocycles. The number of hydrogen-bond donors (Lipinski definition) is 0. The molecule has 0 unspecified atom stereocenters. The first-order valence-electron chi connectivity index (χ1n) is 0.816. The molecule has 0 aromatic heterocycles. The van der Waals surface area contributed by atoms with Crippen LogP contribution in [0.4, 0.5) is 0 Å². The predicted octanol–water partition coefficient (Wildman–Crippen LogP) is -4.87. The van der Waals surface area contributed by atoms with Gasteiger partial charge in [0.25, 0.3) is 0 Å². The van der Waals surface area contributed by atoms with Crippen LogP contribution in [-0.4, -0.2) is 0 Å². The van der Waals surface area contributed by atoms with Crippen molar-refractivity contribution in [1.82, 2.24) is 0 Å². The van der Waals surface area contributed by atoms with Crippen molar-refractivity contribution in [3.63, 3.8) is 0 Å². The summed E-state index contributed by atoms with van der Waals surface area (Å²) in [7, 11) is 0. The van der Waals surface area contributed by atoms with E-state index in [0.717, 1.165) is 0 Å². The molecule has 0 nitrogen and oxygen atoms in total. The maximum Gasteiger partial charge on any atom is 1.00 e. The quantitative estimate of drug-likeness (QED) is 0.199. The van der Waals surface area contributed by atoms with Crippen LogP contribution in [0.15, 0.2) is 12.7 Å². The topological polar surface area (TPSA) is 0 Å². The largest absolute Gasteiger partial charge is 1.00 e. The number of rotatable bonds is 0. The maximum atomic E-state index is 3.25. The fourth-order valence-corrected chi connectivity index (χ4v) is 0. The zero-order chi connectivity index (χ0) is 2.71. The standard InChI is InChI=1S/C3H5.Li.Na.H/c1-3-2;;;/h3H,1-2H2;;;/q-1;2*+1;-1. The number of allylic oxidation sites excluding steroid dienone is 1. The Labute approximate surface area is 69.0 Å². The van der Waals surface area contributed by atoms with E-state index in [-0.39, 0.29) is 49.8 Å². The summed E-state index contributed by atoms with van der Waals surface area (Å²) < 4.78 is 0. The molecule has 0 amide bonds. The van der Waals surface area contributed by atoms with E-state index in [1.54, 1.807) is 0 Å². The summed E-state index contributed by atoms with van der Waals surface area (Å²) in [6.07, 6.45) is 1.50. The van der Waals surface area contributed by atoms with E-state index in [0.29, 0.717) is 0 Å². The Kier molecular flexibility index (Phi) is 61.9. The smallest absolute Gasteiger partial charge is 1.00 e. The van der Waals surface area contributed by atoms with Gasteiger partial charge >= 0.3 is 48.4 Å². The molecule has 0 fully saturated rings. The Morgan fingerprint density at radius 2 is 1.80 bits per heavy atom. The fourth-order valence-electron chi connectivity index (χ4n) is 0. The summed E-state index contributed by atoms with van der Waals surface area (Å²) in [6, 6.07) is 0. The first-order valence-corrected chi connectivity index (χ1v) is 0.816. The van der Waals surface area contributed by atoms with Crippen LogP contribution in [0.3, 0.4) is 0 Å². The fraction of sp³-hybridized carbons (Fsp3) is 0. The summed E-state index contributed by atoms with van der Waals surface area (Å²) in [5.41, 5.74) is 0. The van der Waals surface area contributed by atoms with Gasteiger partial charge in [-0.1, -0.05) is 0 Å². The van der Waals surface area contributed by atoms with Gasteiger partial charge in [0, 0.05) is 0 Å². The minimum atomic E-state index is 0. The van der Waals surface area contributed by atoms with Gasteiger partial charge in [0.1, 0.15) is 0 Å². The minimum Gasteiger partial charge on any atom is -1.00 e.